The van der Waals surface area contributed by atoms with E-state index in [4.69, 9.17) is 11.5 Å². The zero-order valence-corrected chi connectivity index (χ0v) is 15.3. The van der Waals surface area contributed by atoms with E-state index in [2.05, 4.69) is 37.1 Å². The number of carbonyl (C=O) groups excluding carboxylic acids is 1. The third-order valence-electron chi connectivity index (χ3n) is 3.73. The molecule has 0 aliphatic carbocycles. The monoisotopic (exact) mass is 364 g/mol. The number of nitrogens with one attached hydrogen (secondary N) is 2. The maximum absolute atomic E-state index is 11.4. The Morgan fingerprint density at radius 1 is 1.30 bits per heavy atom. The average molecular weight is 364 g/mol. The van der Waals surface area contributed by atoms with Gasteiger partial charge in [-0.1, -0.05) is 11.8 Å². The van der Waals surface area contributed by atoms with Crippen LogP contribution in [0.1, 0.15) is 19.4 Å². The molecule has 0 aliphatic rings. The predicted octanol–water partition coefficient (Wildman–Crippen LogP) is 2.47. The number of nitrogens with zero attached hydrogens (tertiary/aromatic N) is 2. The number of aromatic nitrogens is 3. The number of nitrogen functional groups attached to an aromatic ring is 1. The maximum Gasteiger partial charge on any atom is 0.412 e. The van der Waals surface area contributed by atoms with E-state index in [-0.39, 0.29) is 0 Å². The first-order valence-electron chi connectivity index (χ1n) is 8.18. The van der Waals surface area contributed by atoms with Crippen LogP contribution in [-0.2, 0) is 4.74 Å². The zero-order chi connectivity index (χ0) is 19.6. The van der Waals surface area contributed by atoms with Gasteiger partial charge in [0.1, 0.15) is 5.82 Å². The van der Waals surface area contributed by atoms with E-state index in [0.717, 1.165) is 27.6 Å². The van der Waals surface area contributed by atoms with Crippen LogP contribution in [0.3, 0.4) is 0 Å². The highest BCUT2D eigenvalue weighted by Gasteiger charge is 2.12. The van der Waals surface area contributed by atoms with E-state index in [0.29, 0.717) is 11.6 Å². The van der Waals surface area contributed by atoms with Crippen molar-refractivity contribution in [3.8, 4) is 23.0 Å². The number of nitrogens with two attached hydrogens (primary N) is 2. The molecule has 1 amide bonds. The van der Waals surface area contributed by atoms with E-state index >= 15 is 0 Å². The molecule has 0 spiro atoms. The number of benzene rings is 1. The fourth-order valence-electron chi connectivity index (χ4n) is 2.47. The van der Waals surface area contributed by atoms with Gasteiger partial charge in [-0.15, -0.1) is 0 Å². The van der Waals surface area contributed by atoms with Gasteiger partial charge in [-0.25, -0.2) is 9.78 Å². The minimum atomic E-state index is -0.637. The summed E-state index contributed by atoms with van der Waals surface area (Å²) in [5.74, 6) is 6.87. The molecule has 3 aromatic rings. The van der Waals surface area contributed by atoms with Gasteiger partial charge in [-0.3, -0.25) is 10.4 Å². The summed E-state index contributed by atoms with van der Waals surface area (Å²) >= 11 is 0. The molecule has 27 heavy (non-hydrogen) atoms. The quantitative estimate of drug-likeness (QED) is 0.517. The molecule has 1 aromatic carbocycles. The Bertz CT molecular complexity index is 1070. The van der Waals surface area contributed by atoms with Crippen LogP contribution < -0.4 is 16.8 Å². The minimum Gasteiger partial charge on any atom is -0.453 e. The van der Waals surface area contributed by atoms with Gasteiger partial charge in [0.2, 0.25) is 0 Å². The smallest absolute Gasteiger partial charge is 0.412 e. The van der Waals surface area contributed by atoms with Gasteiger partial charge in [0.15, 0.2) is 5.82 Å². The van der Waals surface area contributed by atoms with Crippen LogP contribution in [-0.4, -0.2) is 33.9 Å². The van der Waals surface area contributed by atoms with E-state index in [1.807, 2.05) is 32.0 Å². The topological polar surface area (TPSA) is 132 Å². The standard InChI is InChI=1S/C19H20N6O2/c1-19(2,21)6-4-12-8-13(9-14-16(12)24-25-17(14)20)11-5-7-22-15(10-11)23-18(26)27-3/h5,7-10H,21H2,1-3H3,(H3,20,24,25)(H,22,23,26). The van der Waals surface area contributed by atoms with E-state index < -0.39 is 11.6 Å². The molecule has 0 unspecified atom stereocenters. The number of amides is 1. The number of anilines is 2. The lowest BCUT2D eigenvalue weighted by molar-refractivity contribution is 0.187. The van der Waals surface area contributed by atoms with Crippen molar-refractivity contribution in [3.05, 3.63) is 36.0 Å². The van der Waals surface area contributed by atoms with Gasteiger partial charge in [0, 0.05) is 11.6 Å². The molecule has 8 nitrogen and oxygen atoms in total. The number of aromatic amines is 1. The van der Waals surface area contributed by atoms with Gasteiger partial charge in [-0.2, -0.15) is 5.10 Å². The predicted molar refractivity (Wildman–Crippen MR) is 105 cm³/mol. The second-order valence-corrected chi connectivity index (χ2v) is 6.57. The molecule has 2 heterocycles. The fraction of sp³-hybridized carbons (Fsp3) is 0.211. The number of carbonyl (C=O) groups is 1. The van der Waals surface area contributed by atoms with Crippen molar-refractivity contribution >= 4 is 28.6 Å². The fourth-order valence-corrected chi connectivity index (χ4v) is 2.47. The number of rotatable bonds is 2. The second-order valence-electron chi connectivity index (χ2n) is 6.57. The molecular formula is C19H20N6O2. The molecule has 8 heteroatoms. The molecule has 0 saturated heterocycles. The molecule has 138 valence electrons. The Kier molecular flexibility index (Phi) is 4.71. The maximum atomic E-state index is 11.4. The van der Waals surface area contributed by atoms with E-state index in [1.54, 1.807) is 12.3 Å². The minimum absolute atomic E-state index is 0.371. The van der Waals surface area contributed by atoms with Gasteiger partial charge in [0.25, 0.3) is 0 Å². The Morgan fingerprint density at radius 3 is 2.78 bits per heavy atom. The largest absolute Gasteiger partial charge is 0.453 e. The lowest BCUT2D eigenvalue weighted by Gasteiger charge is -2.09. The Labute approximate surface area is 156 Å². The molecular weight excluding hydrogens is 344 g/mol. The van der Waals surface area contributed by atoms with Gasteiger partial charge in [-0.05, 0) is 49.2 Å². The van der Waals surface area contributed by atoms with Crippen LogP contribution in [0.4, 0.5) is 16.4 Å². The third-order valence-corrected chi connectivity index (χ3v) is 3.73. The van der Waals surface area contributed by atoms with Crippen molar-refractivity contribution in [1.29, 1.82) is 0 Å². The first-order chi connectivity index (χ1) is 12.8. The number of hydrogen-bond acceptors (Lipinski definition) is 6. The van der Waals surface area contributed by atoms with Crippen molar-refractivity contribution in [2.75, 3.05) is 18.2 Å². The molecule has 3 rings (SSSR count). The molecule has 2 aromatic heterocycles. The number of fused-ring (bicyclic) bond motifs is 1. The van der Waals surface area contributed by atoms with E-state index in [9.17, 15) is 4.79 Å². The zero-order valence-electron chi connectivity index (χ0n) is 15.3. The SMILES string of the molecule is COC(=O)Nc1cc(-c2cc(C#CC(C)(C)N)c3[nH]nc(N)c3c2)ccn1. The Balaban J connectivity index is 2.12. The summed E-state index contributed by atoms with van der Waals surface area (Å²) in [7, 11) is 1.29. The van der Waals surface area contributed by atoms with Crippen molar-refractivity contribution < 1.29 is 9.53 Å². The summed E-state index contributed by atoms with van der Waals surface area (Å²) in [6.07, 6.45) is 1.00. The Hall–Kier alpha value is -3.57. The Morgan fingerprint density at radius 2 is 2.07 bits per heavy atom. The van der Waals surface area contributed by atoms with Crippen LogP contribution in [0.15, 0.2) is 30.5 Å². The number of ether oxygens (including phenoxy) is 1. The van der Waals surface area contributed by atoms with Crippen LogP contribution >= 0.6 is 0 Å². The number of H-pyrrole nitrogens is 1. The van der Waals surface area contributed by atoms with Crippen molar-refractivity contribution in [2.24, 2.45) is 5.73 Å². The van der Waals surface area contributed by atoms with Crippen LogP contribution in [0.2, 0.25) is 0 Å². The molecule has 0 aliphatic heterocycles. The highest BCUT2D eigenvalue weighted by Crippen LogP contribution is 2.30. The molecule has 0 saturated carbocycles. The molecule has 6 N–H and O–H groups in total. The van der Waals surface area contributed by atoms with Crippen molar-refractivity contribution in [3.63, 3.8) is 0 Å². The lowest BCUT2D eigenvalue weighted by Crippen LogP contribution is -2.29. The number of pyridine rings is 1. The van der Waals surface area contributed by atoms with Gasteiger partial charge < -0.3 is 16.2 Å². The summed E-state index contributed by atoms with van der Waals surface area (Å²) in [5, 5.41) is 10.3. The number of methoxy groups -OCH3 is 1. The third kappa shape index (κ3) is 4.16. The average Bonchev–Trinajstić information content (AvgIpc) is 3.00. The molecule has 0 bridgehead atoms. The normalized spacial score (nSPS) is 11.0. The van der Waals surface area contributed by atoms with Crippen molar-refractivity contribution in [1.82, 2.24) is 15.2 Å². The van der Waals surface area contributed by atoms with Gasteiger partial charge >= 0.3 is 6.09 Å². The molecule has 0 fully saturated rings. The first kappa shape index (κ1) is 18.2. The summed E-state index contributed by atoms with van der Waals surface area (Å²) in [6, 6.07) is 7.38. The highest BCUT2D eigenvalue weighted by molar-refractivity contribution is 5.96. The first-order valence-corrected chi connectivity index (χ1v) is 8.18. The van der Waals surface area contributed by atoms with E-state index in [1.165, 1.54) is 7.11 Å². The lowest BCUT2D eigenvalue weighted by atomic mass is 10.00. The molecule has 0 atom stereocenters. The van der Waals surface area contributed by atoms with Gasteiger partial charge in [0.05, 0.1) is 23.7 Å². The van der Waals surface area contributed by atoms with Crippen LogP contribution in [0, 0.1) is 11.8 Å². The van der Waals surface area contributed by atoms with Crippen LogP contribution in [0.5, 0.6) is 0 Å². The van der Waals surface area contributed by atoms with Crippen LogP contribution in [0.25, 0.3) is 22.0 Å². The molecule has 0 radical (unpaired) electrons. The second kappa shape index (κ2) is 6.97. The number of hydrogen-bond donors (Lipinski definition) is 4. The summed E-state index contributed by atoms with van der Waals surface area (Å²) < 4.78 is 4.60. The summed E-state index contributed by atoms with van der Waals surface area (Å²) in [4.78, 5) is 15.5. The summed E-state index contributed by atoms with van der Waals surface area (Å²) in [5.41, 5.74) is 14.5. The summed E-state index contributed by atoms with van der Waals surface area (Å²) in [6.45, 7) is 3.66. The highest BCUT2D eigenvalue weighted by atomic mass is 16.5. The van der Waals surface area contributed by atoms with Crippen molar-refractivity contribution in [2.45, 2.75) is 19.4 Å².